The van der Waals surface area contributed by atoms with E-state index in [-0.39, 0.29) is 0 Å². The predicted molar refractivity (Wildman–Crippen MR) is 98.9 cm³/mol. The lowest BCUT2D eigenvalue weighted by Gasteiger charge is -2.23. The van der Waals surface area contributed by atoms with Crippen molar-refractivity contribution in [1.29, 1.82) is 0 Å². The van der Waals surface area contributed by atoms with Crippen molar-refractivity contribution < 1.29 is 0 Å². The van der Waals surface area contributed by atoms with Gasteiger partial charge in [-0.2, -0.15) is 0 Å². The highest BCUT2D eigenvalue weighted by Gasteiger charge is 2.22. The van der Waals surface area contributed by atoms with Gasteiger partial charge in [0.05, 0.1) is 11.2 Å². The summed E-state index contributed by atoms with van der Waals surface area (Å²) in [7, 11) is 2.17. The molecular formula is C19H19ClN4. The van der Waals surface area contributed by atoms with Crippen LogP contribution < -0.4 is 0 Å². The summed E-state index contributed by atoms with van der Waals surface area (Å²) in [5.41, 5.74) is 6.02. The molecule has 122 valence electrons. The van der Waals surface area contributed by atoms with Gasteiger partial charge in [0.15, 0.2) is 0 Å². The van der Waals surface area contributed by atoms with Crippen LogP contribution in [0.1, 0.15) is 23.9 Å². The molecule has 24 heavy (non-hydrogen) atoms. The number of likely N-dealkylation sites (N-methyl/N-ethyl adjacent to an activating group) is 1. The van der Waals surface area contributed by atoms with E-state index in [9.17, 15) is 0 Å². The number of aromatic nitrogens is 3. The van der Waals surface area contributed by atoms with Crippen LogP contribution in [0.15, 0.2) is 36.8 Å². The predicted octanol–water partition coefficient (Wildman–Crippen LogP) is 4.09. The van der Waals surface area contributed by atoms with Crippen LogP contribution in [0.3, 0.4) is 0 Å². The number of hydrogen-bond acceptors (Lipinski definition) is 3. The molecule has 5 heteroatoms. The number of benzene rings is 1. The minimum Gasteiger partial charge on any atom is -0.320 e. The van der Waals surface area contributed by atoms with Crippen molar-refractivity contribution >= 4 is 34.3 Å². The molecule has 1 aliphatic rings. The Kier molecular flexibility index (Phi) is 3.87. The molecule has 0 atom stereocenters. The average Bonchev–Trinajstić information content (AvgIpc) is 2.88. The van der Waals surface area contributed by atoms with Gasteiger partial charge in [-0.05, 0) is 49.4 Å². The van der Waals surface area contributed by atoms with Crippen LogP contribution in [-0.2, 0) is 13.0 Å². The molecule has 0 saturated heterocycles. The van der Waals surface area contributed by atoms with E-state index < -0.39 is 0 Å². The van der Waals surface area contributed by atoms with Gasteiger partial charge in [0.1, 0.15) is 6.33 Å². The lowest BCUT2D eigenvalue weighted by atomic mass is 10.1. The molecule has 0 aliphatic carbocycles. The van der Waals surface area contributed by atoms with Gasteiger partial charge in [-0.3, -0.25) is 0 Å². The molecule has 0 saturated carbocycles. The summed E-state index contributed by atoms with van der Waals surface area (Å²) in [6, 6.07) is 8.09. The van der Waals surface area contributed by atoms with Crippen molar-refractivity contribution in [2.24, 2.45) is 0 Å². The Morgan fingerprint density at radius 2 is 2.17 bits per heavy atom. The number of halogens is 1. The van der Waals surface area contributed by atoms with Crippen LogP contribution in [0.5, 0.6) is 0 Å². The van der Waals surface area contributed by atoms with Gasteiger partial charge in [0, 0.05) is 48.0 Å². The standard InChI is InChI=1S/C19H19ClN4/c1-13(17-5-7-21-12-22-17)10-24-18-4-3-14(20)9-15(18)16-11-23(2)8-6-19(16)24/h3-5,7,9-10,12H,6,8,11H2,1-2H3. The Labute approximate surface area is 146 Å². The Hall–Kier alpha value is -2.17. The molecule has 1 aromatic carbocycles. The zero-order valence-corrected chi connectivity index (χ0v) is 14.6. The minimum absolute atomic E-state index is 0.784. The van der Waals surface area contributed by atoms with Gasteiger partial charge in [0.25, 0.3) is 0 Å². The minimum atomic E-state index is 0.784. The van der Waals surface area contributed by atoms with E-state index in [1.165, 1.54) is 22.2 Å². The molecule has 0 fully saturated rings. The topological polar surface area (TPSA) is 34.0 Å². The van der Waals surface area contributed by atoms with Gasteiger partial charge in [-0.25, -0.2) is 9.97 Å². The van der Waals surface area contributed by atoms with E-state index >= 15 is 0 Å². The fourth-order valence-electron chi connectivity index (χ4n) is 3.43. The highest BCUT2D eigenvalue weighted by atomic mass is 35.5. The molecule has 2 aromatic heterocycles. The normalized spacial score (nSPS) is 15.7. The van der Waals surface area contributed by atoms with Crippen LogP contribution in [0.2, 0.25) is 5.02 Å². The van der Waals surface area contributed by atoms with Crippen molar-refractivity contribution in [3.05, 3.63) is 58.8 Å². The first-order valence-corrected chi connectivity index (χ1v) is 8.46. The van der Waals surface area contributed by atoms with Crippen LogP contribution >= 0.6 is 11.6 Å². The first-order chi connectivity index (χ1) is 11.6. The Morgan fingerprint density at radius 3 is 2.96 bits per heavy atom. The van der Waals surface area contributed by atoms with E-state index in [1.54, 1.807) is 12.5 Å². The molecule has 0 amide bonds. The Morgan fingerprint density at radius 1 is 1.29 bits per heavy atom. The summed E-state index contributed by atoms with van der Waals surface area (Å²) in [5.74, 6) is 0. The molecule has 4 nitrogen and oxygen atoms in total. The molecule has 4 rings (SSSR count). The number of nitrogens with zero attached hydrogens (tertiary/aromatic N) is 4. The third kappa shape index (κ3) is 2.62. The Balaban J connectivity index is 1.92. The van der Waals surface area contributed by atoms with Gasteiger partial charge in [-0.15, -0.1) is 0 Å². The van der Waals surface area contributed by atoms with Crippen LogP contribution in [-0.4, -0.2) is 33.0 Å². The van der Waals surface area contributed by atoms with Crippen molar-refractivity contribution in [1.82, 2.24) is 19.4 Å². The van der Waals surface area contributed by atoms with Gasteiger partial charge in [0.2, 0.25) is 0 Å². The van der Waals surface area contributed by atoms with Crippen molar-refractivity contribution in [2.45, 2.75) is 19.9 Å². The summed E-state index contributed by atoms with van der Waals surface area (Å²) in [6.45, 7) is 4.11. The third-order valence-electron chi connectivity index (χ3n) is 4.65. The summed E-state index contributed by atoms with van der Waals surface area (Å²) in [5, 5.41) is 2.03. The van der Waals surface area contributed by atoms with Crippen molar-refractivity contribution in [3.63, 3.8) is 0 Å². The highest BCUT2D eigenvalue weighted by Crippen LogP contribution is 2.33. The number of rotatable bonds is 2. The molecule has 0 bridgehead atoms. The lowest BCUT2D eigenvalue weighted by Crippen LogP contribution is -2.26. The molecular weight excluding hydrogens is 320 g/mol. The molecule has 3 heterocycles. The van der Waals surface area contributed by atoms with Crippen molar-refractivity contribution in [2.75, 3.05) is 13.6 Å². The second-order valence-electron chi connectivity index (χ2n) is 6.35. The Bertz CT molecular complexity index is 927. The fourth-order valence-corrected chi connectivity index (χ4v) is 3.60. The summed E-state index contributed by atoms with van der Waals surface area (Å²) in [4.78, 5) is 10.7. The van der Waals surface area contributed by atoms with E-state index in [4.69, 9.17) is 11.6 Å². The lowest BCUT2D eigenvalue weighted by molar-refractivity contribution is 0.312. The largest absolute Gasteiger partial charge is 0.320 e. The molecule has 0 unspecified atom stereocenters. The van der Waals surface area contributed by atoms with E-state index in [1.807, 2.05) is 12.1 Å². The maximum absolute atomic E-state index is 6.25. The van der Waals surface area contributed by atoms with Crippen LogP contribution in [0.25, 0.3) is 22.7 Å². The zero-order valence-electron chi connectivity index (χ0n) is 13.8. The summed E-state index contributed by atoms with van der Waals surface area (Å²) >= 11 is 6.25. The maximum Gasteiger partial charge on any atom is 0.116 e. The molecule has 0 N–H and O–H groups in total. The summed E-state index contributed by atoms with van der Waals surface area (Å²) < 4.78 is 2.31. The van der Waals surface area contributed by atoms with Gasteiger partial charge in [-0.1, -0.05) is 11.6 Å². The highest BCUT2D eigenvalue weighted by molar-refractivity contribution is 6.31. The molecule has 0 radical (unpaired) electrons. The molecule has 0 spiro atoms. The zero-order chi connectivity index (χ0) is 16.7. The summed E-state index contributed by atoms with van der Waals surface area (Å²) in [6.07, 6.45) is 6.58. The number of hydrogen-bond donors (Lipinski definition) is 0. The van der Waals surface area contributed by atoms with E-state index in [0.29, 0.717) is 0 Å². The van der Waals surface area contributed by atoms with Crippen LogP contribution in [0, 0.1) is 0 Å². The van der Waals surface area contributed by atoms with Crippen molar-refractivity contribution in [3.8, 4) is 0 Å². The quantitative estimate of drug-likeness (QED) is 0.705. The van der Waals surface area contributed by atoms with Gasteiger partial charge >= 0.3 is 0 Å². The average molecular weight is 339 g/mol. The van der Waals surface area contributed by atoms with Gasteiger partial charge < -0.3 is 9.47 Å². The second-order valence-corrected chi connectivity index (χ2v) is 6.79. The third-order valence-corrected chi connectivity index (χ3v) is 4.88. The first kappa shape index (κ1) is 15.4. The SMILES string of the molecule is CC(=Cn1c2c(c3cc(Cl)ccc31)CN(C)CC2)c1ccncn1. The molecule has 3 aromatic rings. The van der Waals surface area contributed by atoms with E-state index in [0.717, 1.165) is 35.8 Å². The monoisotopic (exact) mass is 338 g/mol. The number of allylic oxidation sites excluding steroid dienone is 1. The number of fused-ring (bicyclic) bond motifs is 3. The smallest absolute Gasteiger partial charge is 0.116 e. The fraction of sp³-hybridized carbons (Fsp3) is 0.263. The maximum atomic E-state index is 6.25. The van der Waals surface area contributed by atoms with Crippen LogP contribution in [0.4, 0.5) is 0 Å². The first-order valence-electron chi connectivity index (χ1n) is 8.08. The molecule has 1 aliphatic heterocycles. The van der Waals surface area contributed by atoms with E-state index in [2.05, 4.69) is 51.7 Å². The second kappa shape index (κ2) is 6.04.